The minimum atomic E-state index is -3.31. The molecule has 0 aliphatic rings. The number of benzene rings is 1. The predicted molar refractivity (Wildman–Crippen MR) is 77.3 cm³/mol. The van der Waals surface area contributed by atoms with Crippen molar-refractivity contribution >= 4 is 21.4 Å². The van der Waals surface area contributed by atoms with Crippen LogP contribution in [-0.4, -0.2) is 49.9 Å². The minimum absolute atomic E-state index is 0.0270. The number of aliphatic hydroxyl groups excluding tert-OH is 1. The zero-order valence-electron chi connectivity index (χ0n) is 11.2. The summed E-state index contributed by atoms with van der Waals surface area (Å²) in [5.74, 6) is 0.0345. The Kier molecular flexibility index (Phi) is 6.26. The lowest BCUT2D eigenvalue weighted by molar-refractivity contribution is 0.173. The van der Waals surface area contributed by atoms with Crippen molar-refractivity contribution in [3.05, 3.63) is 29.3 Å². The monoisotopic (exact) mass is 305 g/mol. The van der Waals surface area contributed by atoms with Crippen LogP contribution in [0.15, 0.2) is 29.2 Å². The zero-order chi connectivity index (χ0) is 14.5. The Morgan fingerprint density at radius 2 is 1.79 bits per heavy atom. The molecule has 0 aromatic heterocycles. The SMILES string of the molecule is CC(C)N(CCO)CCS(=O)(=O)c1ccc(Cl)cc1. The van der Waals surface area contributed by atoms with Gasteiger partial charge < -0.3 is 5.11 Å². The lowest BCUT2D eigenvalue weighted by atomic mass is 10.3. The molecule has 0 saturated carbocycles. The van der Waals surface area contributed by atoms with Gasteiger partial charge in [-0.25, -0.2) is 8.42 Å². The zero-order valence-corrected chi connectivity index (χ0v) is 12.8. The molecule has 0 unspecified atom stereocenters. The van der Waals surface area contributed by atoms with E-state index in [1.807, 2.05) is 18.7 Å². The maximum absolute atomic E-state index is 12.1. The van der Waals surface area contributed by atoms with Gasteiger partial charge in [0.1, 0.15) is 0 Å². The van der Waals surface area contributed by atoms with Crippen LogP contribution in [0.3, 0.4) is 0 Å². The first-order chi connectivity index (χ1) is 8.86. The maximum Gasteiger partial charge on any atom is 0.179 e. The molecule has 0 radical (unpaired) electrons. The van der Waals surface area contributed by atoms with E-state index in [0.29, 0.717) is 18.1 Å². The third kappa shape index (κ3) is 5.10. The van der Waals surface area contributed by atoms with Crippen LogP contribution >= 0.6 is 11.6 Å². The number of rotatable bonds is 7. The summed E-state index contributed by atoms with van der Waals surface area (Å²) in [6.45, 7) is 4.87. The summed E-state index contributed by atoms with van der Waals surface area (Å²) in [6.07, 6.45) is 0. The van der Waals surface area contributed by atoms with Crippen molar-refractivity contribution < 1.29 is 13.5 Å². The van der Waals surface area contributed by atoms with Crippen LogP contribution in [0.25, 0.3) is 0 Å². The molecule has 1 aromatic rings. The van der Waals surface area contributed by atoms with E-state index in [0.717, 1.165) is 0 Å². The largest absolute Gasteiger partial charge is 0.395 e. The standard InChI is InChI=1S/C13H20ClNO3S/c1-11(2)15(7-9-16)8-10-19(17,18)13-5-3-12(14)4-6-13/h3-6,11,16H,7-10H2,1-2H3. The van der Waals surface area contributed by atoms with E-state index in [1.165, 1.54) is 12.1 Å². The van der Waals surface area contributed by atoms with Crippen LogP contribution in [0.2, 0.25) is 5.02 Å². The van der Waals surface area contributed by atoms with E-state index in [9.17, 15) is 8.42 Å². The van der Waals surface area contributed by atoms with E-state index in [4.69, 9.17) is 16.7 Å². The number of nitrogens with zero attached hydrogens (tertiary/aromatic N) is 1. The second-order valence-corrected chi connectivity index (χ2v) is 7.17. The molecule has 4 nitrogen and oxygen atoms in total. The highest BCUT2D eigenvalue weighted by atomic mass is 35.5. The van der Waals surface area contributed by atoms with E-state index in [1.54, 1.807) is 12.1 Å². The van der Waals surface area contributed by atoms with Crippen LogP contribution in [0.1, 0.15) is 13.8 Å². The van der Waals surface area contributed by atoms with Gasteiger partial charge in [0.2, 0.25) is 0 Å². The highest BCUT2D eigenvalue weighted by Crippen LogP contribution is 2.15. The maximum atomic E-state index is 12.1. The smallest absolute Gasteiger partial charge is 0.179 e. The average Bonchev–Trinajstić information content (AvgIpc) is 2.34. The van der Waals surface area contributed by atoms with Crippen molar-refractivity contribution in [3.8, 4) is 0 Å². The van der Waals surface area contributed by atoms with Crippen molar-refractivity contribution in [2.45, 2.75) is 24.8 Å². The molecule has 0 fully saturated rings. The third-order valence-electron chi connectivity index (χ3n) is 2.94. The molecular weight excluding hydrogens is 286 g/mol. The van der Waals surface area contributed by atoms with Crippen LogP contribution in [0.5, 0.6) is 0 Å². The average molecular weight is 306 g/mol. The van der Waals surface area contributed by atoms with Gasteiger partial charge >= 0.3 is 0 Å². The third-order valence-corrected chi connectivity index (χ3v) is 4.90. The first-order valence-corrected chi connectivity index (χ1v) is 8.23. The van der Waals surface area contributed by atoms with E-state index in [-0.39, 0.29) is 23.3 Å². The first-order valence-electron chi connectivity index (χ1n) is 6.20. The lowest BCUT2D eigenvalue weighted by Gasteiger charge is -2.25. The second kappa shape index (κ2) is 7.24. The van der Waals surface area contributed by atoms with Gasteiger partial charge in [-0.05, 0) is 38.1 Å². The number of halogens is 1. The molecule has 0 bridgehead atoms. The molecule has 0 aliphatic heterocycles. The Morgan fingerprint density at radius 3 is 2.26 bits per heavy atom. The summed E-state index contributed by atoms with van der Waals surface area (Å²) in [5, 5.41) is 9.47. The Hall–Kier alpha value is -0.620. The molecule has 1 rings (SSSR count). The Morgan fingerprint density at radius 1 is 1.21 bits per heavy atom. The molecule has 0 saturated heterocycles. The molecule has 1 aromatic carbocycles. The van der Waals surface area contributed by atoms with Crippen LogP contribution in [0.4, 0.5) is 0 Å². The Bertz CT molecular complexity index is 485. The molecule has 0 aliphatic carbocycles. The Labute approximate surface area is 119 Å². The van der Waals surface area contributed by atoms with E-state index >= 15 is 0 Å². The molecule has 0 amide bonds. The quantitative estimate of drug-likeness (QED) is 0.835. The number of hydrogen-bond donors (Lipinski definition) is 1. The van der Waals surface area contributed by atoms with Gasteiger partial charge in [-0.2, -0.15) is 0 Å². The van der Waals surface area contributed by atoms with Crippen molar-refractivity contribution in [3.63, 3.8) is 0 Å². The van der Waals surface area contributed by atoms with Gasteiger partial charge in [-0.3, -0.25) is 4.90 Å². The van der Waals surface area contributed by atoms with Gasteiger partial charge in [-0.15, -0.1) is 0 Å². The van der Waals surface area contributed by atoms with Gasteiger partial charge in [-0.1, -0.05) is 11.6 Å². The molecule has 0 atom stereocenters. The summed E-state index contributed by atoms with van der Waals surface area (Å²) in [6, 6.07) is 6.38. The highest BCUT2D eigenvalue weighted by molar-refractivity contribution is 7.91. The molecule has 0 heterocycles. The minimum Gasteiger partial charge on any atom is -0.395 e. The van der Waals surface area contributed by atoms with Crippen molar-refractivity contribution in [2.75, 3.05) is 25.4 Å². The van der Waals surface area contributed by atoms with Gasteiger partial charge in [0.05, 0.1) is 17.3 Å². The molecule has 108 valence electrons. The summed E-state index contributed by atoms with van der Waals surface area (Å²) in [7, 11) is -3.31. The fourth-order valence-corrected chi connectivity index (χ4v) is 3.14. The molecular formula is C13H20ClNO3S. The number of aliphatic hydroxyl groups is 1. The summed E-state index contributed by atoms with van der Waals surface area (Å²) in [4.78, 5) is 2.22. The Balaban J connectivity index is 2.72. The van der Waals surface area contributed by atoms with Crippen molar-refractivity contribution in [1.29, 1.82) is 0 Å². The topological polar surface area (TPSA) is 57.6 Å². The van der Waals surface area contributed by atoms with Gasteiger partial charge in [0.25, 0.3) is 0 Å². The normalized spacial score (nSPS) is 12.3. The summed E-state index contributed by atoms with van der Waals surface area (Å²) in [5.41, 5.74) is 0. The summed E-state index contributed by atoms with van der Waals surface area (Å²) >= 11 is 5.74. The summed E-state index contributed by atoms with van der Waals surface area (Å²) < 4.78 is 24.3. The van der Waals surface area contributed by atoms with Crippen LogP contribution in [0, 0.1) is 0 Å². The molecule has 0 spiro atoms. The first kappa shape index (κ1) is 16.4. The lowest BCUT2D eigenvalue weighted by Crippen LogP contribution is -2.37. The number of sulfone groups is 1. The predicted octanol–water partition coefficient (Wildman–Crippen LogP) is 1.82. The fourth-order valence-electron chi connectivity index (χ4n) is 1.75. The van der Waals surface area contributed by atoms with Crippen molar-refractivity contribution in [1.82, 2.24) is 4.90 Å². The fraction of sp³-hybridized carbons (Fsp3) is 0.538. The number of hydrogen-bond acceptors (Lipinski definition) is 4. The second-order valence-electron chi connectivity index (χ2n) is 4.63. The van der Waals surface area contributed by atoms with Gasteiger partial charge in [0.15, 0.2) is 9.84 Å². The van der Waals surface area contributed by atoms with E-state index in [2.05, 4.69) is 0 Å². The molecule has 6 heteroatoms. The van der Waals surface area contributed by atoms with Crippen LogP contribution < -0.4 is 0 Å². The molecule has 19 heavy (non-hydrogen) atoms. The molecule has 1 N–H and O–H groups in total. The van der Waals surface area contributed by atoms with Crippen molar-refractivity contribution in [2.24, 2.45) is 0 Å². The van der Waals surface area contributed by atoms with Gasteiger partial charge in [0, 0.05) is 24.2 Å². The van der Waals surface area contributed by atoms with E-state index < -0.39 is 9.84 Å². The highest BCUT2D eigenvalue weighted by Gasteiger charge is 2.17. The van der Waals surface area contributed by atoms with Crippen LogP contribution in [-0.2, 0) is 9.84 Å².